The van der Waals surface area contributed by atoms with Crippen LogP contribution in [0.4, 0.5) is 11.4 Å². The number of hydrogen-bond donors (Lipinski definition) is 1. The van der Waals surface area contributed by atoms with Gasteiger partial charge in [0.25, 0.3) is 5.69 Å². The van der Waals surface area contributed by atoms with Crippen molar-refractivity contribution >= 4 is 35.0 Å². The van der Waals surface area contributed by atoms with Crippen LogP contribution in [0.2, 0.25) is 5.02 Å². The lowest BCUT2D eigenvalue weighted by Crippen LogP contribution is -2.08. The summed E-state index contributed by atoms with van der Waals surface area (Å²) in [7, 11) is 1.58. The number of methoxy groups -OCH3 is 1. The smallest absolute Gasteiger partial charge is 0.271 e. The van der Waals surface area contributed by atoms with E-state index in [1.54, 1.807) is 25.3 Å². The third kappa shape index (κ3) is 4.55. The van der Waals surface area contributed by atoms with E-state index in [1.165, 1.54) is 24.3 Å². The maximum atomic E-state index is 11.9. The molecule has 0 unspecified atom stereocenters. The molecule has 1 amide bonds. The van der Waals surface area contributed by atoms with E-state index < -0.39 is 10.8 Å². The van der Waals surface area contributed by atoms with Crippen LogP contribution in [0.25, 0.3) is 6.08 Å². The average molecular weight is 333 g/mol. The van der Waals surface area contributed by atoms with Crippen molar-refractivity contribution in [3.05, 3.63) is 69.2 Å². The van der Waals surface area contributed by atoms with Crippen molar-refractivity contribution in [1.29, 1.82) is 0 Å². The van der Waals surface area contributed by atoms with E-state index in [2.05, 4.69) is 5.32 Å². The molecule has 0 fully saturated rings. The quantitative estimate of drug-likeness (QED) is 0.511. The van der Waals surface area contributed by atoms with Gasteiger partial charge in [0.05, 0.1) is 22.7 Å². The summed E-state index contributed by atoms with van der Waals surface area (Å²) in [6.45, 7) is 0. The number of non-ortho nitro benzene ring substituents is 1. The van der Waals surface area contributed by atoms with Crippen LogP contribution in [0.3, 0.4) is 0 Å². The van der Waals surface area contributed by atoms with Crippen molar-refractivity contribution in [2.75, 3.05) is 12.4 Å². The van der Waals surface area contributed by atoms with Gasteiger partial charge in [-0.2, -0.15) is 0 Å². The Morgan fingerprint density at radius 2 is 1.96 bits per heavy atom. The van der Waals surface area contributed by atoms with E-state index in [-0.39, 0.29) is 10.7 Å². The van der Waals surface area contributed by atoms with Crippen molar-refractivity contribution in [3.63, 3.8) is 0 Å². The second kappa shape index (κ2) is 7.42. The standard InChI is InChI=1S/C16H13ClN2O4/c1-23-13-6-2-11(3-7-13)4-9-16(20)18-15-8-5-12(19(21)22)10-14(15)17/h2-10H,1H3,(H,18,20). The van der Waals surface area contributed by atoms with Crippen LogP contribution in [0.15, 0.2) is 48.5 Å². The zero-order chi connectivity index (χ0) is 16.8. The van der Waals surface area contributed by atoms with Gasteiger partial charge in [0.2, 0.25) is 5.91 Å². The molecule has 0 heterocycles. The lowest BCUT2D eigenvalue weighted by atomic mass is 10.2. The number of hydrogen-bond acceptors (Lipinski definition) is 4. The molecule has 0 saturated carbocycles. The summed E-state index contributed by atoms with van der Waals surface area (Å²) >= 11 is 5.91. The Kier molecular flexibility index (Phi) is 5.32. The predicted molar refractivity (Wildman–Crippen MR) is 88.8 cm³/mol. The number of nitro groups is 1. The van der Waals surface area contributed by atoms with Crippen molar-refractivity contribution < 1.29 is 14.5 Å². The first-order valence-corrected chi connectivity index (χ1v) is 6.94. The molecule has 0 aliphatic carbocycles. The first-order valence-electron chi connectivity index (χ1n) is 6.56. The first kappa shape index (κ1) is 16.5. The van der Waals surface area contributed by atoms with Crippen molar-refractivity contribution in [2.45, 2.75) is 0 Å². The molecule has 0 spiro atoms. The monoisotopic (exact) mass is 332 g/mol. The molecule has 2 rings (SSSR count). The van der Waals surface area contributed by atoms with Gasteiger partial charge in [0.15, 0.2) is 0 Å². The van der Waals surface area contributed by atoms with Crippen LogP contribution in [-0.4, -0.2) is 17.9 Å². The molecular weight excluding hydrogens is 320 g/mol. The van der Waals surface area contributed by atoms with Crippen LogP contribution in [-0.2, 0) is 4.79 Å². The maximum Gasteiger partial charge on any atom is 0.271 e. The fourth-order valence-corrected chi connectivity index (χ4v) is 2.00. The highest BCUT2D eigenvalue weighted by atomic mass is 35.5. The summed E-state index contributed by atoms with van der Waals surface area (Å²) < 4.78 is 5.05. The molecule has 23 heavy (non-hydrogen) atoms. The van der Waals surface area contributed by atoms with Crippen molar-refractivity contribution in [1.82, 2.24) is 0 Å². The highest BCUT2D eigenvalue weighted by Gasteiger charge is 2.10. The number of anilines is 1. The van der Waals surface area contributed by atoms with Gasteiger partial charge < -0.3 is 10.1 Å². The molecule has 0 aliphatic heterocycles. The zero-order valence-electron chi connectivity index (χ0n) is 12.2. The van der Waals surface area contributed by atoms with Gasteiger partial charge in [-0.1, -0.05) is 23.7 Å². The Bertz CT molecular complexity index is 757. The SMILES string of the molecule is COc1ccc(C=CC(=O)Nc2ccc([N+](=O)[O-])cc2Cl)cc1. The number of ether oxygens (including phenoxy) is 1. The Morgan fingerprint density at radius 1 is 1.26 bits per heavy atom. The third-order valence-corrected chi connectivity index (χ3v) is 3.28. The molecule has 0 bridgehead atoms. The number of amides is 1. The minimum atomic E-state index is -0.555. The highest BCUT2D eigenvalue weighted by molar-refractivity contribution is 6.34. The fraction of sp³-hybridized carbons (Fsp3) is 0.0625. The Labute approximate surface area is 137 Å². The number of nitrogens with one attached hydrogen (secondary N) is 1. The van der Waals surface area contributed by atoms with Gasteiger partial charge in [0, 0.05) is 18.2 Å². The zero-order valence-corrected chi connectivity index (χ0v) is 12.9. The van der Waals surface area contributed by atoms with E-state index >= 15 is 0 Å². The van der Waals surface area contributed by atoms with Gasteiger partial charge in [-0.25, -0.2) is 0 Å². The number of halogens is 1. The lowest BCUT2D eigenvalue weighted by molar-refractivity contribution is -0.384. The van der Waals surface area contributed by atoms with Gasteiger partial charge in [-0.3, -0.25) is 14.9 Å². The summed E-state index contributed by atoms with van der Waals surface area (Å²) in [5.41, 5.74) is 0.999. The molecular formula is C16H13ClN2O4. The Hall–Kier alpha value is -2.86. The topological polar surface area (TPSA) is 81.5 Å². The number of nitro benzene ring substituents is 1. The second-order valence-corrected chi connectivity index (χ2v) is 4.92. The summed E-state index contributed by atoms with van der Waals surface area (Å²) in [5.74, 6) is 0.334. The van der Waals surface area contributed by atoms with Gasteiger partial charge >= 0.3 is 0 Å². The van der Waals surface area contributed by atoms with E-state index in [0.29, 0.717) is 5.69 Å². The maximum absolute atomic E-state index is 11.9. The van der Waals surface area contributed by atoms with Crippen LogP contribution < -0.4 is 10.1 Å². The number of carbonyl (C=O) groups excluding carboxylic acids is 1. The molecule has 0 radical (unpaired) electrons. The molecule has 0 aromatic heterocycles. The van der Waals surface area contributed by atoms with E-state index in [1.807, 2.05) is 12.1 Å². The summed E-state index contributed by atoms with van der Waals surface area (Å²) in [6, 6.07) is 11.0. The molecule has 118 valence electrons. The molecule has 0 aliphatic rings. The number of benzene rings is 2. The normalized spacial score (nSPS) is 10.5. The van der Waals surface area contributed by atoms with Crippen LogP contribution in [0.1, 0.15) is 5.56 Å². The number of carbonyl (C=O) groups is 1. The summed E-state index contributed by atoms with van der Waals surface area (Å²) in [5, 5.41) is 13.3. The lowest BCUT2D eigenvalue weighted by Gasteiger charge is -2.04. The fourth-order valence-electron chi connectivity index (χ4n) is 1.78. The van der Waals surface area contributed by atoms with Crippen LogP contribution >= 0.6 is 11.6 Å². The molecule has 2 aromatic rings. The predicted octanol–water partition coefficient (Wildman–Crippen LogP) is 3.91. The highest BCUT2D eigenvalue weighted by Crippen LogP contribution is 2.26. The average Bonchev–Trinajstić information content (AvgIpc) is 2.55. The number of rotatable bonds is 5. The molecule has 0 atom stereocenters. The minimum absolute atomic E-state index is 0.102. The van der Waals surface area contributed by atoms with Crippen molar-refractivity contribution in [2.24, 2.45) is 0 Å². The largest absolute Gasteiger partial charge is 0.497 e. The van der Waals surface area contributed by atoms with Crippen LogP contribution in [0.5, 0.6) is 5.75 Å². The molecule has 1 N–H and O–H groups in total. The number of nitrogens with zero attached hydrogens (tertiary/aromatic N) is 1. The Morgan fingerprint density at radius 3 is 2.52 bits per heavy atom. The summed E-state index contributed by atoms with van der Waals surface area (Å²) in [4.78, 5) is 21.9. The van der Waals surface area contributed by atoms with Gasteiger partial charge in [0.1, 0.15) is 5.75 Å². The second-order valence-electron chi connectivity index (χ2n) is 4.52. The Balaban J connectivity index is 2.04. The third-order valence-electron chi connectivity index (χ3n) is 2.96. The minimum Gasteiger partial charge on any atom is -0.497 e. The van der Waals surface area contributed by atoms with Crippen LogP contribution in [0, 0.1) is 10.1 Å². The molecule has 0 saturated heterocycles. The van der Waals surface area contributed by atoms with E-state index in [9.17, 15) is 14.9 Å². The first-order chi connectivity index (χ1) is 11.0. The van der Waals surface area contributed by atoms with E-state index in [0.717, 1.165) is 11.3 Å². The van der Waals surface area contributed by atoms with Crippen molar-refractivity contribution in [3.8, 4) is 5.75 Å². The molecule has 6 nitrogen and oxygen atoms in total. The molecule has 7 heteroatoms. The summed E-state index contributed by atoms with van der Waals surface area (Å²) in [6.07, 6.45) is 2.98. The van der Waals surface area contributed by atoms with Gasteiger partial charge in [-0.05, 0) is 29.8 Å². The van der Waals surface area contributed by atoms with Gasteiger partial charge in [-0.15, -0.1) is 0 Å². The van der Waals surface area contributed by atoms with E-state index in [4.69, 9.17) is 16.3 Å². The molecule has 2 aromatic carbocycles.